The fraction of sp³-hybridized carbons (Fsp3) is 0.786. The molecule has 108 valence electrons. The molecule has 1 saturated carbocycles. The van der Waals surface area contributed by atoms with E-state index in [1.165, 1.54) is 12.8 Å². The Morgan fingerprint density at radius 2 is 2.32 bits per heavy atom. The first kappa shape index (κ1) is 14.9. The number of thiazole rings is 1. The summed E-state index contributed by atoms with van der Waals surface area (Å²) in [6, 6.07) is 0.237. The number of nitrogens with one attached hydrogen (secondary N) is 1. The molecule has 1 fully saturated rings. The molecule has 0 aromatic carbocycles. The standard InChI is InChI=1S/C14H24N2O2S/c1-2-13(14-15-7-8-19-14)16-9-11(17)10-18-12-5-3-4-6-12/h7-8,11-13,16-17H,2-6,9-10H2,1H3. The minimum atomic E-state index is -0.436. The zero-order chi connectivity index (χ0) is 13.5. The number of nitrogens with zero attached hydrogens (tertiary/aromatic N) is 1. The van der Waals surface area contributed by atoms with Crippen LogP contribution in [0.4, 0.5) is 0 Å². The summed E-state index contributed by atoms with van der Waals surface area (Å²) >= 11 is 1.65. The van der Waals surface area contributed by atoms with Gasteiger partial charge in [-0.25, -0.2) is 4.98 Å². The van der Waals surface area contributed by atoms with Crippen molar-refractivity contribution in [2.75, 3.05) is 13.2 Å². The van der Waals surface area contributed by atoms with Crippen LogP contribution in [-0.4, -0.2) is 35.5 Å². The summed E-state index contributed by atoms with van der Waals surface area (Å²) in [6.07, 6.45) is 7.56. The van der Waals surface area contributed by atoms with Crippen LogP contribution in [0.3, 0.4) is 0 Å². The molecule has 0 saturated heterocycles. The Morgan fingerprint density at radius 3 is 2.95 bits per heavy atom. The second kappa shape index (κ2) is 7.94. The Labute approximate surface area is 119 Å². The highest BCUT2D eigenvalue weighted by molar-refractivity contribution is 7.09. The minimum Gasteiger partial charge on any atom is -0.389 e. The molecule has 5 heteroatoms. The van der Waals surface area contributed by atoms with Crippen LogP contribution in [-0.2, 0) is 4.74 Å². The summed E-state index contributed by atoms with van der Waals surface area (Å²) in [7, 11) is 0. The van der Waals surface area contributed by atoms with Gasteiger partial charge >= 0.3 is 0 Å². The normalized spacial score (nSPS) is 19.7. The van der Waals surface area contributed by atoms with Crippen LogP contribution in [0.1, 0.15) is 50.1 Å². The van der Waals surface area contributed by atoms with Gasteiger partial charge in [-0.15, -0.1) is 11.3 Å². The Balaban J connectivity index is 1.65. The molecular weight excluding hydrogens is 260 g/mol. The third-order valence-electron chi connectivity index (χ3n) is 3.58. The van der Waals surface area contributed by atoms with Gasteiger partial charge in [0.05, 0.1) is 24.9 Å². The molecule has 4 nitrogen and oxygen atoms in total. The van der Waals surface area contributed by atoms with Gasteiger partial charge in [0.15, 0.2) is 0 Å². The molecule has 0 aliphatic heterocycles. The second-order valence-electron chi connectivity index (χ2n) is 5.13. The van der Waals surface area contributed by atoms with E-state index in [1.54, 1.807) is 11.3 Å². The third kappa shape index (κ3) is 4.84. The lowest BCUT2D eigenvalue weighted by Crippen LogP contribution is -2.33. The van der Waals surface area contributed by atoms with Crippen molar-refractivity contribution >= 4 is 11.3 Å². The summed E-state index contributed by atoms with van der Waals surface area (Å²) in [4.78, 5) is 4.32. The van der Waals surface area contributed by atoms with E-state index in [0.717, 1.165) is 24.3 Å². The Kier molecular flexibility index (Phi) is 6.23. The first-order valence-corrected chi connectivity index (χ1v) is 8.10. The summed E-state index contributed by atoms with van der Waals surface area (Å²) in [5.74, 6) is 0. The molecule has 1 aliphatic rings. The van der Waals surface area contributed by atoms with Gasteiger partial charge in [0.25, 0.3) is 0 Å². The van der Waals surface area contributed by atoms with E-state index in [2.05, 4.69) is 17.2 Å². The van der Waals surface area contributed by atoms with Crippen molar-refractivity contribution in [2.24, 2.45) is 0 Å². The van der Waals surface area contributed by atoms with E-state index in [0.29, 0.717) is 19.3 Å². The van der Waals surface area contributed by atoms with Crippen molar-refractivity contribution < 1.29 is 9.84 Å². The Morgan fingerprint density at radius 1 is 1.53 bits per heavy atom. The molecule has 19 heavy (non-hydrogen) atoms. The predicted octanol–water partition coefficient (Wildman–Crippen LogP) is 2.50. The number of ether oxygens (including phenoxy) is 1. The zero-order valence-electron chi connectivity index (χ0n) is 11.5. The fourth-order valence-electron chi connectivity index (χ4n) is 2.45. The van der Waals surface area contributed by atoms with E-state index < -0.39 is 6.10 Å². The van der Waals surface area contributed by atoms with Crippen LogP contribution in [0.25, 0.3) is 0 Å². The number of hydrogen-bond donors (Lipinski definition) is 2. The van der Waals surface area contributed by atoms with Crippen LogP contribution in [0.5, 0.6) is 0 Å². The minimum absolute atomic E-state index is 0.237. The van der Waals surface area contributed by atoms with Crippen molar-refractivity contribution in [1.29, 1.82) is 0 Å². The lowest BCUT2D eigenvalue weighted by molar-refractivity contribution is -0.00629. The lowest BCUT2D eigenvalue weighted by Gasteiger charge is -2.19. The number of aromatic nitrogens is 1. The van der Waals surface area contributed by atoms with Crippen LogP contribution in [0, 0.1) is 0 Å². The van der Waals surface area contributed by atoms with E-state index in [9.17, 15) is 5.11 Å². The molecule has 0 spiro atoms. The lowest BCUT2D eigenvalue weighted by atomic mass is 10.2. The van der Waals surface area contributed by atoms with Gasteiger partial charge < -0.3 is 15.2 Å². The average molecular weight is 284 g/mol. The van der Waals surface area contributed by atoms with Gasteiger partial charge in [0.2, 0.25) is 0 Å². The molecule has 1 heterocycles. The van der Waals surface area contributed by atoms with Gasteiger partial charge in [0, 0.05) is 18.1 Å². The molecule has 2 N–H and O–H groups in total. The summed E-state index contributed by atoms with van der Waals surface area (Å²) in [5, 5.41) is 16.4. The first-order valence-electron chi connectivity index (χ1n) is 7.22. The van der Waals surface area contributed by atoms with E-state index in [4.69, 9.17) is 4.74 Å². The van der Waals surface area contributed by atoms with Gasteiger partial charge in [-0.05, 0) is 19.3 Å². The maximum atomic E-state index is 9.95. The molecule has 2 unspecified atom stereocenters. The predicted molar refractivity (Wildman–Crippen MR) is 77.4 cm³/mol. The van der Waals surface area contributed by atoms with Crippen LogP contribution in [0.2, 0.25) is 0 Å². The molecule has 1 aromatic rings. The van der Waals surface area contributed by atoms with Crippen molar-refractivity contribution in [3.05, 3.63) is 16.6 Å². The molecule has 2 rings (SSSR count). The third-order valence-corrected chi connectivity index (χ3v) is 4.47. The van der Waals surface area contributed by atoms with Crippen LogP contribution >= 0.6 is 11.3 Å². The Bertz CT molecular complexity index is 339. The number of rotatable bonds is 8. The SMILES string of the molecule is CCC(NCC(O)COC1CCCC1)c1nccs1. The fourth-order valence-corrected chi connectivity index (χ4v) is 3.25. The molecule has 1 aromatic heterocycles. The number of aliphatic hydroxyl groups excluding tert-OH is 1. The smallest absolute Gasteiger partial charge is 0.109 e. The van der Waals surface area contributed by atoms with E-state index in [-0.39, 0.29) is 6.04 Å². The van der Waals surface area contributed by atoms with Crippen molar-refractivity contribution in [2.45, 2.75) is 57.3 Å². The van der Waals surface area contributed by atoms with E-state index >= 15 is 0 Å². The van der Waals surface area contributed by atoms with Gasteiger partial charge in [-0.2, -0.15) is 0 Å². The average Bonchev–Trinajstić information content (AvgIpc) is 3.10. The quantitative estimate of drug-likeness (QED) is 0.770. The maximum absolute atomic E-state index is 9.95. The Hall–Kier alpha value is -0.490. The highest BCUT2D eigenvalue weighted by Gasteiger charge is 2.18. The second-order valence-corrected chi connectivity index (χ2v) is 6.06. The van der Waals surface area contributed by atoms with Gasteiger partial charge in [-0.1, -0.05) is 19.8 Å². The van der Waals surface area contributed by atoms with Crippen molar-refractivity contribution in [1.82, 2.24) is 10.3 Å². The van der Waals surface area contributed by atoms with Crippen LogP contribution < -0.4 is 5.32 Å². The molecule has 0 bridgehead atoms. The van der Waals surface area contributed by atoms with E-state index in [1.807, 2.05) is 11.6 Å². The molecule has 1 aliphatic carbocycles. The molecular formula is C14H24N2O2S. The summed E-state index contributed by atoms with van der Waals surface area (Å²) in [5.41, 5.74) is 0. The zero-order valence-corrected chi connectivity index (χ0v) is 12.4. The maximum Gasteiger partial charge on any atom is 0.109 e. The first-order chi connectivity index (χ1) is 9.29. The highest BCUT2D eigenvalue weighted by atomic mass is 32.1. The molecule has 0 amide bonds. The van der Waals surface area contributed by atoms with Gasteiger partial charge in [-0.3, -0.25) is 0 Å². The largest absolute Gasteiger partial charge is 0.389 e. The van der Waals surface area contributed by atoms with Crippen molar-refractivity contribution in [3.8, 4) is 0 Å². The van der Waals surface area contributed by atoms with Gasteiger partial charge in [0.1, 0.15) is 5.01 Å². The monoisotopic (exact) mass is 284 g/mol. The van der Waals surface area contributed by atoms with Crippen LogP contribution in [0.15, 0.2) is 11.6 Å². The number of hydrogen-bond acceptors (Lipinski definition) is 5. The highest BCUT2D eigenvalue weighted by Crippen LogP contribution is 2.21. The topological polar surface area (TPSA) is 54.4 Å². The number of aliphatic hydroxyl groups is 1. The summed E-state index contributed by atoms with van der Waals surface area (Å²) < 4.78 is 5.72. The van der Waals surface area contributed by atoms with Crippen molar-refractivity contribution in [3.63, 3.8) is 0 Å². The summed E-state index contributed by atoms with van der Waals surface area (Å²) in [6.45, 7) is 3.12. The molecule has 2 atom stereocenters. The molecule has 0 radical (unpaired) electrons.